The van der Waals surface area contributed by atoms with Crippen LogP contribution in [0.15, 0.2) is 0 Å². The maximum Gasteiger partial charge on any atom is 0.501 e. The van der Waals surface area contributed by atoms with E-state index >= 15 is 0 Å². The Morgan fingerprint density at radius 1 is 1.07 bits per heavy atom. The Morgan fingerprint density at radius 3 is 1.73 bits per heavy atom. The number of rotatable bonds is 9. The lowest BCUT2D eigenvalue weighted by Crippen LogP contribution is -2.46. The van der Waals surface area contributed by atoms with E-state index in [1.54, 1.807) is 0 Å². The van der Waals surface area contributed by atoms with Gasteiger partial charge in [0.05, 0.1) is 0 Å². The highest BCUT2D eigenvalue weighted by molar-refractivity contribution is 7.96. The summed E-state index contributed by atoms with van der Waals surface area (Å²) in [5.41, 5.74) is 0. The molecule has 0 aliphatic heterocycles. The van der Waals surface area contributed by atoms with Crippen LogP contribution in [-0.4, -0.2) is 33.7 Å². The van der Waals surface area contributed by atoms with Gasteiger partial charge in [0.1, 0.15) is 0 Å². The van der Waals surface area contributed by atoms with E-state index in [-0.39, 0.29) is 5.12 Å². The summed E-state index contributed by atoms with van der Waals surface area (Å²) in [6.45, 7) is 7.28. The van der Waals surface area contributed by atoms with Crippen LogP contribution < -0.4 is 0 Å². The van der Waals surface area contributed by atoms with Crippen LogP contribution in [0.3, 0.4) is 0 Å². The molecule has 0 rings (SSSR count). The van der Waals surface area contributed by atoms with E-state index in [9.17, 15) is 4.79 Å². The molecular formula is C9H20O4SSi. The van der Waals surface area contributed by atoms with Crippen molar-refractivity contribution < 1.29 is 18.1 Å². The number of carbonyl (C=O) groups is 1. The van der Waals surface area contributed by atoms with Crippen molar-refractivity contribution in [1.29, 1.82) is 0 Å². The molecule has 0 fully saturated rings. The molecule has 0 spiro atoms. The van der Waals surface area contributed by atoms with Crippen LogP contribution >= 0.6 is 12.6 Å². The Balaban J connectivity index is 4.37. The van der Waals surface area contributed by atoms with Crippen molar-refractivity contribution in [3.63, 3.8) is 0 Å². The molecule has 0 aromatic heterocycles. The minimum atomic E-state index is -2.63. The van der Waals surface area contributed by atoms with Gasteiger partial charge in [0.2, 0.25) is 0 Å². The fourth-order valence-corrected chi connectivity index (χ4v) is 4.12. The molecule has 6 heteroatoms. The minimum absolute atomic E-state index is 0.161. The molecule has 0 unspecified atom stereocenters. The van der Waals surface area contributed by atoms with Gasteiger partial charge < -0.3 is 13.3 Å². The highest BCUT2D eigenvalue weighted by Crippen LogP contribution is 2.18. The van der Waals surface area contributed by atoms with E-state index in [2.05, 4.69) is 12.6 Å². The summed E-state index contributed by atoms with van der Waals surface area (Å²) in [7, 11) is -2.63. The number of thiol groups is 1. The van der Waals surface area contributed by atoms with Crippen LogP contribution in [0.25, 0.3) is 0 Å². The Bertz CT molecular complexity index is 172. The quantitative estimate of drug-likeness (QED) is 0.503. The summed E-state index contributed by atoms with van der Waals surface area (Å²) in [6.07, 6.45) is 0.329. The van der Waals surface area contributed by atoms with E-state index in [0.29, 0.717) is 32.3 Å². The second-order valence-electron chi connectivity index (χ2n) is 2.88. The predicted molar refractivity (Wildman–Crippen MR) is 64.0 cm³/mol. The van der Waals surface area contributed by atoms with Crippen LogP contribution in [0.2, 0.25) is 6.04 Å². The summed E-state index contributed by atoms with van der Waals surface area (Å²) in [6, 6.07) is 0.505. The van der Waals surface area contributed by atoms with Crippen molar-refractivity contribution >= 4 is 26.5 Å². The van der Waals surface area contributed by atoms with Gasteiger partial charge >= 0.3 is 8.80 Å². The van der Waals surface area contributed by atoms with Crippen molar-refractivity contribution in [2.75, 3.05) is 19.8 Å². The molecular weight excluding hydrogens is 232 g/mol. The Labute approximate surface area is 98.1 Å². The molecule has 0 aromatic rings. The topological polar surface area (TPSA) is 44.8 Å². The Kier molecular flexibility index (Phi) is 8.35. The summed E-state index contributed by atoms with van der Waals surface area (Å²) in [5.74, 6) is 0. The van der Waals surface area contributed by atoms with Crippen LogP contribution in [0.1, 0.15) is 27.2 Å². The van der Waals surface area contributed by atoms with E-state index in [1.807, 2.05) is 20.8 Å². The fourth-order valence-electron chi connectivity index (χ4n) is 1.26. The monoisotopic (exact) mass is 252 g/mol. The molecule has 0 N–H and O–H groups in total. The van der Waals surface area contributed by atoms with Crippen molar-refractivity contribution in [1.82, 2.24) is 0 Å². The number of hydrogen-bond acceptors (Lipinski definition) is 4. The first-order valence-corrected chi connectivity index (χ1v) is 7.61. The van der Waals surface area contributed by atoms with Crippen LogP contribution in [0.5, 0.6) is 0 Å². The van der Waals surface area contributed by atoms with E-state index < -0.39 is 8.80 Å². The molecule has 90 valence electrons. The SMILES string of the molecule is CCO[Si](CCC(=O)S)(OCC)OCC. The highest BCUT2D eigenvalue weighted by Gasteiger charge is 2.40. The van der Waals surface area contributed by atoms with E-state index in [4.69, 9.17) is 13.3 Å². The van der Waals surface area contributed by atoms with Gasteiger partial charge in [0.15, 0.2) is 5.12 Å². The highest BCUT2D eigenvalue weighted by atomic mass is 32.1. The minimum Gasteiger partial charge on any atom is -0.374 e. The second-order valence-corrected chi connectivity index (χ2v) is 6.11. The summed E-state index contributed by atoms with van der Waals surface area (Å²) in [4.78, 5) is 10.8. The van der Waals surface area contributed by atoms with Gasteiger partial charge in [-0.05, 0) is 20.8 Å². The molecule has 0 radical (unpaired) electrons. The van der Waals surface area contributed by atoms with Crippen LogP contribution in [-0.2, 0) is 18.1 Å². The van der Waals surface area contributed by atoms with Crippen molar-refractivity contribution in [2.45, 2.75) is 33.2 Å². The van der Waals surface area contributed by atoms with Crippen molar-refractivity contribution in [2.24, 2.45) is 0 Å². The third-order valence-corrected chi connectivity index (χ3v) is 5.01. The molecule has 0 saturated heterocycles. The first-order chi connectivity index (χ1) is 7.10. The van der Waals surface area contributed by atoms with Gasteiger partial charge in [0.25, 0.3) is 0 Å². The third kappa shape index (κ3) is 6.31. The summed E-state index contributed by atoms with van der Waals surface area (Å²) >= 11 is 3.73. The zero-order chi connectivity index (χ0) is 11.7. The van der Waals surface area contributed by atoms with Crippen LogP contribution in [0, 0.1) is 0 Å². The van der Waals surface area contributed by atoms with E-state index in [0.717, 1.165) is 0 Å². The molecule has 15 heavy (non-hydrogen) atoms. The summed E-state index contributed by atoms with van der Waals surface area (Å²) in [5, 5.41) is -0.161. The lowest BCUT2D eigenvalue weighted by Gasteiger charge is -2.27. The average molecular weight is 252 g/mol. The average Bonchev–Trinajstić information content (AvgIpc) is 2.16. The molecule has 0 aliphatic rings. The molecule has 0 heterocycles. The Hall–Kier alpha value is 0.117. The first kappa shape index (κ1) is 15.1. The maximum absolute atomic E-state index is 10.8. The molecule has 0 amide bonds. The lowest BCUT2D eigenvalue weighted by atomic mass is 10.5. The normalized spacial score (nSPS) is 11.7. The molecule has 4 nitrogen and oxygen atoms in total. The second kappa shape index (κ2) is 8.29. The fraction of sp³-hybridized carbons (Fsp3) is 0.889. The molecule has 0 aliphatic carbocycles. The van der Waals surface area contributed by atoms with Crippen molar-refractivity contribution in [3.8, 4) is 0 Å². The predicted octanol–water partition coefficient (Wildman–Crippen LogP) is 1.88. The first-order valence-electron chi connectivity index (χ1n) is 5.23. The van der Waals surface area contributed by atoms with Crippen LogP contribution in [0.4, 0.5) is 0 Å². The standard InChI is InChI=1S/C9H20O4SSi/c1-4-11-15(12-5-2,13-6-3)8-7-9(10)14/h4-8H2,1-3H3,(H,10,14). The largest absolute Gasteiger partial charge is 0.501 e. The zero-order valence-electron chi connectivity index (χ0n) is 9.62. The molecule has 0 bridgehead atoms. The van der Waals surface area contributed by atoms with Gasteiger partial charge in [0, 0.05) is 32.3 Å². The maximum atomic E-state index is 10.8. The molecule has 0 atom stereocenters. The van der Waals surface area contributed by atoms with Gasteiger partial charge in [-0.25, -0.2) is 0 Å². The molecule has 0 saturated carbocycles. The van der Waals surface area contributed by atoms with Crippen molar-refractivity contribution in [3.05, 3.63) is 0 Å². The lowest BCUT2D eigenvalue weighted by molar-refractivity contribution is -0.110. The third-order valence-electron chi connectivity index (χ3n) is 1.74. The number of hydrogen-bond donors (Lipinski definition) is 1. The number of carbonyl (C=O) groups excluding carboxylic acids is 1. The van der Waals surface area contributed by atoms with Gasteiger partial charge in [-0.3, -0.25) is 4.79 Å². The van der Waals surface area contributed by atoms with Gasteiger partial charge in [-0.2, -0.15) is 0 Å². The van der Waals surface area contributed by atoms with Gasteiger partial charge in [-0.1, -0.05) is 0 Å². The van der Waals surface area contributed by atoms with Gasteiger partial charge in [-0.15, -0.1) is 12.6 Å². The molecule has 0 aromatic carbocycles. The Morgan fingerprint density at radius 2 is 1.47 bits per heavy atom. The van der Waals surface area contributed by atoms with E-state index in [1.165, 1.54) is 0 Å². The zero-order valence-corrected chi connectivity index (χ0v) is 11.5. The summed E-state index contributed by atoms with van der Waals surface area (Å²) < 4.78 is 16.7. The smallest absolute Gasteiger partial charge is 0.374 e.